The number of rotatable bonds is 15. The summed E-state index contributed by atoms with van der Waals surface area (Å²) in [6, 6.07) is 0. The molecule has 0 saturated heterocycles. The summed E-state index contributed by atoms with van der Waals surface area (Å²) in [6.07, 6.45) is 11.6. The molecule has 0 aromatic heterocycles. The zero-order valence-electron chi connectivity index (χ0n) is 17.4. The summed E-state index contributed by atoms with van der Waals surface area (Å²) in [5.74, 6) is 0. The number of hydrogen-bond donors (Lipinski definition) is 4. The zero-order chi connectivity index (χ0) is 19.6. The minimum atomic E-state index is -0.204. The standard InChI is InChI=1S/C11H24O2.C10H22O2/c1-3-5-6-8-11(9-12,10-13)7-4-2;1-3-5-7-10(8-11,9-12)6-4-2/h12-13H,3-10H2,1-2H3;11-12H,3-9H2,1-2H3. The van der Waals surface area contributed by atoms with E-state index in [1.54, 1.807) is 0 Å². The minimum absolute atomic E-state index is 0.122. The molecule has 0 saturated carbocycles. The molecule has 0 aromatic carbocycles. The van der Waals surface area contributed by atoms with Gasteiger partial charge < -0.3 is 20.4 Å². The van der Waals surface area contributed by atoms with E-state index in [4.69, 9.17) is 0 Å². The van der Waals surface area contributed by atoms with Crippen molar-refractivity contribution in [2.24, 2.45) is 10.8 Å². The van der Waals surface area contributed by atoms with Crippen LogP contribution in [-0.2, 0) is 0 Å². The maximum Gasteiger partial charge on any atom is 0.0509 e. The molecule has 0 unspecified atom stereocenters. The second-order valence-corrected chi connectivity index (χ2v) is 7.69. The van der Waals surface area contributed by atoms with Crippen LogP contribution in [0.2, 0.25) is 0 Å². The third kappa shape index (κ3) is 12.0. The first kappa shape index (κ1) is 27.1. The third-order valence-corrected chi connectivity index (χ3v) is 5.27. The van der Waals surface area contributed by atoms with Crippen molar-refractivity contribution in [3.63, 3.8) is 0 Å². The molecule has 0 bridgehead atoms. The average molecular weight is 363 g/mol. The van der Waals surface area contributed by atoms with Gasteiger partial charge in [-0.1, -0.05) is 72.6 Å². The predicted molar refractivity (Wildman–Crippen MR) is 107 cm³/mol. The molecule has 0 aliphatic carbocycles. The summed E-state index contributed by atoms with van der Waals surface area (Å²) in [5.41, 5.74) is -0.408. The lowest BCUT2D eigenvalue weighted by Gasteiger charge is -2.29. The summed E-state index contributed by atoms with van der Waals surface area (Å²) in [4.78, 5) is 0. The van der Waals surface area contributed by atoms with E-state index < -0.39 is 0 Å². The molecule has 0 radical (unpaired) electrons. The van der Waals surface area contributed by atoms with Gasteiger partial charge in [0, 0.05) is 10.8 Å². The van der Waals surface area contributed by atoms with Crippen LogP contribution in [0.4, 0.5) is 0 Å². The zero-order valence-corrected chi connectivity index (χ0v) is 17.4. The quantitative estimate of drug-likeness (QED) is 0.328. The van der Waals surface area contributed by atoms with E-state index in [-0.39, 0.29) is 37.3 Å². The second-order valence-electron chi connectivity index (χ2n) is 7.69. The Labute approximate surface area is 156 Å². The molecular weight excluding hydrogens is 316 g/mol. The van der Waals surface area contributed by atoms with Crippen LogP contribution in [-0.4, -0.2) is 46.9 Å². The highest BCUT2D eigenvalue weighted by Crippen LogP contribution is 2.30. The fraction of sp³-hybridized carbons (Fsp3) is 1.00. The third-order valence-electron chi connectivity index (χ3n) is 5.27. The molecule has 154 valence electrons. The van der Waals surface area contributed by atoms with Crippen LogP contribution in [0.1, 0.15) is 98.3 Å². The van der Waals surface area contributed by atoms with Crippen molar-refractivity contribution in [2.75, 3.05) is 26.4 Å². The van der Waals surface area contributed by atoms with Crippen LogP contribution in [0.5, 0.6) is 0 Å². The van der Waals surface area contributed by atoms with Gasteiger partial charge in [0.1, 0.15) is 0 Å². The summed E-state index contributed by atoms with van der Waals surface area (Å²) < 4.78 is 0. The molecule has 0 aliphatic rings. The van der Waals surface area contributed by atoms with Crippen molar-refractivity contribution in [1.29, 1.82) is 0 Å². The normalized spacial score (nSPS) is 12.0. The van der Waals surface area contributed by atoms with Crippen molar-refractivity contribution in [3.8, 4) is 0 Å². The predicted octanol–water partition coefficient (Wildman–Crippen LogP) is 4.29. The Hall–Kier alpha value is -0.160. The van der Waals surface area contributed by atoms with Crippen molar-refractivity contribution in [1.82, 2.24) is 0 Å². The first-order valence-electron chi connectivity index (χ1n) is 10.4. The van der Waals surface area contributed by atoms with E-state index >= 15 is 0 Å². The smallest absolute Gasteiger partial charge is 0.0509 e. The Morgan fingerprint density at radius 2 is 0.800 bits per heavy atom. The Kier molecular flexibility index (Phi) is 18.7. The number of aliphatic hydroxyl groups excluding tert-OH is 4. The highest BCUT2D eigenvalue weighted by atomic mass is 16.3. The van der Waals surface area contributed by atoms with Crippen LogP contribution in [0, 0.1) is 10.8 Å². The van der Waals surface area contributed by atoms with Gasteiger partial charge in [0.25, 0.3) is 0 Å². The van der Waals surface area contributed by atoms with E-state index in [1.807, 2.05) is 0 Å². The topological polar surface area (TPSA) is 80.9 Å². The van der Waals surface area contributed by atoms with Gasteiger partial charge in [-0.25, -0.2) is 0 Å². The molecular formula is C21H46O4. The van der Waals surface area contributed by atoms with Crippen molar-refractivity contribution in [3.05, 3.63) is 0 Å². The molecule has 0 heterocycles. The molecule has 4 N–H and O–H groups in total. The van der Waals surface area contributed by atoms with Crippen molar-refractivity contribution < 1.29 is 20.4 Å². The lowest BCUT2D eigenvalue weighted by molar-refractivity contribution is 0.0370. The van der Waals surface area contributed by atoms with E-state index in [9.17, 15) is 20.4 Å². The Morgan fingerprint density at radius 3 is 1.08 bits per heavy atom. The summed E-state index contributed by atoms with van der Waals surface area (Å²) in [5, 5.41) is 36.8. The van der Waals surface area contributed by atoms with Crippen LogP contribution in [0.25, 0.3) is 0 Å². The minimum Gasteiger partial charge on any atom is -0.396 e. The van der Waals surface area contributed by atoms with E-state index in [0.29, 0.717) is 0 Å². The highest BCUT2D eigenvalue weighted by Gasteiger charge is 2.27. The molecule has 25 heavy (non-hydrogen) atoms. The Bertz CT molecular complexity index is 261. The van der Waals surface area contributed by atoms with Gasteiger partial charge >= 0.3 is 0 Å². The Balaban J connectivity index is 0. The SMILES string of the molecule is CCCCC(CO)(CO)CCC.CCCCCC(CO)(CO)CCC. The van der Waals surface area contributed by atoms with Gasteiger partial charge in [-0.05, 0) is 25.7 Å². The van der Waals surface area contributed by atoms with Gasteiger partial charge in [0.2, 0.25) is 0 Å². The van der Waals surface area contributed by atoms with Crippen LogP contribution < -0.4 is 0 Å². The van der Waals surface area contributed by atoms with Gasteiger partial charge in [-0.2, -0.15) is 0 Å². The fourth-order valence-corrected chi connectivity index (χ4v) is 3.34. The largest absolute Gasteiger partial charge is 0.396 e. The van der Waals surface area contributed by atoms with E-state index in [2.05, 4.69) is 27.7 Å². The summed E-state index contributed by atoms with van der Waals surface area (Å²) in [6.45, 7) is 8.98. The highest BCUT2D eigenvalue weighted by molar-refractivity contribution is 4.77. The van der Waals surface area contributed by atoms with Crippen LogP contribution in [0.15, 0.2) is 0 Å². The first-order chi connectivity index (χ1) is 12.0. The summed E-state index contributed by atoms with van der Waals surface area (Å²) in [7, 11) is 0. The first-order valence-corrected chi connectivity index (χ1v) is 10.4. The fourth-order valence-electron chi connectivity index (χ4n) is 3.34. The molecule has 0 spiro atoms. The molecule has 0 fully saturated rings. The van der Waals surface area contributed by atoms with Crippen molar-refractivity contribution in [2.45, 2.75) is 98.3 Å². The number of unbranched alkanes of at least 4 members (excludes halogenated alkanes) is 3. The second kappa shape index (κ2) is 17.3. The van der Waals surface area contributed by atoms with Crippen LogP contribution in [0.3, 0.4) is 0 Å². The van der Waals surface area contributed by atoms with Gasteiger partial charge in [-0.15, -0.1) is 0 Å². The molecule has 0 rings (SSSR count). The van der Waals surface area contributed by atoms with Gasteiger partial charge in [0.15, 0.2) is 0 Å². The molecule has 4 nitrogen and oxygen atoms in total. The van der Waals surface area contributed by atoms with Gasteiger partial charge in [0.05, 0.1) is 26.4 Å². The lowest BCUT2D eigenvalue weighted by atomic mass is 9.80. The molecule has 0 aromatic rings. The lowest BCUT2D eigenvalue weighted by Crippen LogP contribution is -2.29. The van der Waals surface area contributed by atoms with E-state index in [0.717, 1.165) is 57.8 Å². The Morgan fingerprint density at radius 1 is 0.440 bits per heavy atom. The number of aliphatic hydroxyl groups is 4. The molecule has 0 atom stereocenters. The maximum absolute atomic E-state index is 9.25. The van der Waals surface area contributed by atoms with Crippen LogP contribution >= 0.6 is 0 Å². The average Bonchev–Trinajstić information content (AvgIpc) is 2.65. The van der Waals surface area contributed by atoms with Gasteiger partial charge in [-0.3, -0.25) is 0 Å². The summed E-state index contributed by atoms with van der Waals surface area (Å²) >= 11 is 0. The maximum atomic E-state index is 9.25. The van der Waals surface area contributed by atoms with Crippen molar-refractivity contribution >= 4 is 0 Å². The van der Waals surface area contributed by atoms with E-state index in [1.165, 1.54) is 12.8 Å². The monoisotopic (exact) mass is 362 g/mol. The number of hydrogen-bond acceptors (Lipinski definition) is 4. The molecule has 0 aliphatic heterocycles. The molecule has 4 heteroatoms. The molecule has 0 amide bonds.